The molecule has 30 heavy (non-hydrogen) atoms. The van der Waals surface area contributed by atoms with Crippen molar-refractivity contribution in [3.8, 4) is 0 Å². The van der Waals surface area contributed by atoms with E-state index < -0.39 is 0 Å². The van der Waals surface area contributed by atoms with Crippen molar-refractivity contribution >= 4 is 35.8 Å². The highest BCUT2D eigenvalue weighted by Gasteiger charge is 2.21. The number of rotatable bonds is 8. The first kappa shape index (κ1) is 24.9. The average Bonchev–Trinajstić information content (AvgIpc) is 3.27. The van der Waals surface area contributed by atoms with Crippen molar-refractivity contribution in [2.75, 3.05) is 46.4 Å². The van der Waals surface area contributed by atoms with Crippen LogP contribution in [0.4, 0.5) is 0 Å². The van der Waals surface area contributed by atoms with Crippen molar-refractivity contribution < 1.29 is 13.9 Å². The first-order valence-corrected chi connectivity index (χ1v) is 10.8. The molecule has 0 saturated carbocycles. The number of amides is 1. The normalized spacial score (nSPS) is 21.0. The van der Waals surface area contributed by atoms with Crippen LogP contribution in [0, 0.1) is 0 Å². The van der Waals surface area contributed by atoms with Gasteiger partial charge >= 0.3 is 0 Å². The fourth-order valence-corrected chi connectivity index (χ4v) is 3.77. The first-order valence-electron chi connectivity index (χ1n) is 10.8. The van der Waals surface area contributed by atoms with Crippen LogP contribution < -0.4 is 16.0 Å². The highest BCUT2D eigenvalue weighted by atomic mass is 127. The summed E-state index contributed by atoms with van der Waals surface area (Å²) in [6.07, 6.45) is 8.20. The quantitative estimate of drug-likeness (QED) is 0.268. The van der Waals surface area contributed by atoms with Crippen LogP contribution in [0.2, 0.25) is 0 Å². The minimum atomic E-state index is 0. The van der Waals surface area contributed by atoms with Crippen molar-refractivity contribution in [3.05, 3.63) is 24.2 Å². The Hall–Kier alpha value is -1.33. The molecule has 2 aliphatic rings. The highest BCUT2D eigenvalue weighted by molar-refractivity contribution is 14.0. The van der Waals surface area contributed by atoms with Crippen LogP contribution in [0.5, 0.6) is 0 Å². The van der Waals surface area contributed by atoms with Gasteiger partial charge in [0, 0.05) is 45.8 Å². The number of likely N-dealkylation sites (N-methyl/N-ethyl adjacent to an activating group) is 1. The number of likely N-dealkylation sites (tertiary alicyclic amines) is 1. The Bertz CT molecular complexity index is 627. The number of nitrogens with one attached hydrogen (secondary N) is 3. The van der Waals surface area contributed by atoms with Crippen LogP contribution in [0.1, 0.15) is 37.9 Å². The van der Waals surface area contributed by atoms with Gasteiger partial charge in [0.1, 0.15) is 5.76 Å². The van der Waals surface area contributed by atoms with Gasteiger partial charge in [-0.15, -0.1) is 24.0 Å². The van der Waals surface area contributed by atoms with Crippen LogP contribution in [0.25, 0.3) is 0 Å². The minimum absolute atomic E-state index is 0. The van der Waals surface area contributed by atoms with Crippen LogP contribution >= 0.6 is 24.0 Å². The van der Waals surface area contributed by atoms with Gasteiger partial charge in [-0.2, -0.15) is 0 Å². The molecule has 0 spiro atoms. The first-order chi connectivity index (χ1) is 14.2. The molecule has 2 aliphatic heterocycles. The van der Waals surface area contributed by atoms with Crippen molar-refractivity contribution in [1.82, 2.24) is 20.9 Å². The molecule has 9 heteroatoms. The molecular weight excluding hydrogens is 497 g/mol. The van der Waals surface area contributed by atoms with Crippen LogP contribution in [-0.2, 0) is 16.0 Å². The Morgan fingerprint density at radius 3 is 2.77 bits per heavy atom. The second kappa shape index (κ2) is 13.9. The van der Waals surface area contributed by atoms with E-state index in [-0.39, 0.29) is 36.0 Å². The lowest BCUT2D eigenvalue weighted by molar-refractivity contribution is -0.122. The molecule has 1 aromatic heterocycles. The minimum Gasteiger partial charge on any atom is -0.469 e. The van der Waals surface area contributed by atoms with Crippen molar-refractivity contribution in [2.45, 2.75) is 50.7 Å². The fraction of sp³-hybridized carbons (Fsp3) is 0.714. The molecule has 0 aromatic carbocycles. The Morgan fingerprint density at radius 1 is 1.27 bits per heavy atom. The summed E-state index contributed by atoms with van der Waals surface area (Å²) in [5.74, 6) is 1.89. The van der Waals surface area contributed by atoms with Crippen molar-refractivity contribution in [1.29, 1.82) is 0 Å². The van der Waals surface area contributed by atoms with Gasteiger partial charge in [0.05, 0.1) is 25.5 Å². The molecule has 1 atom stereocenters. The van der Waals surface area contributed by atoms with Gasteiger partial charge < -0.3 is 25.1 Å². The van der Waals surface area contributed by atoms with Crippen LogP contribution in [-0.4, -0.2) is 75.3 Å². The zero-order chi connectivity index (χ0) is 20.3. The van der Waals surface area contributed by atoms with Gasteiger partial charge in [0.25, 0.3) is 0 Å². The van der Waals surface area contributed by atoms with Gasteiger partial charge in [-0.3, -0.25) is 14.7 Å². The molecule has 1 unspecified atom stereocenters. The maximum Gasteiger partial charge on any atom is 0.233 e. The van der Waals surface area contributed by atoms with E-state index in [1.165, 1.54) is 6.42 Å². The summed E-state index contributed by atoms with van der Waals surface area (Å²) >= 11 is 0. The smallest absolute Gasteiger partial charge is 0.233 e. The van der Waals surface area contributed by atoms with E-state index in [9.17, 15) is 4.79 Å². The lowest BCUT2D eigenvalue weighted by Gasteiger charge is -2.32. The molecule has 3 heterocycles. The Kier molecular flexibility index (Phi) is 11.5. The molecule has 170 valence electrons. The number of aliphatic imine (C=N–C) groups is 1. The van der Waals surface area contributed by atoms with Gasteiger partial charge in [0.15, 0.2) is 5.96 Å². The van der Waals surface area contributed by atoms with Crippen LogP contribution in [0.15, 0.2) is 27.8 Å². The van der Waals surface area contributed by atoms with E-state index in [1.807, 2.05) is 12.1 Å². The summed E-state index contributed by atoms with van der Waals surface area (Å²) in [6, 6.07) is 4.26. The molecule has 2 saturated heterocycles. The Balaban J connectivity index is 0.00000320. The molecule has 0 aliphatic carbocycles. The molecular formula is C21H36IN5O3. The van der Waals surface area contributed by atoms with Gasteiger partial charge in [-0.05, 0) is 44.2 Å². The SMILES string of the molecule is CNC(=O)CN1CCC(NC(=NCC2CCCCO2)NCCc2ccco2)CC1.I. The Labute approximate surface area is 196 Å². The molecule has 8 nitrogen and oxygen atoms in total. The van der Waals surface area contributed by atoms with Gasteiger partial charge in [0.2, 0.25) is 5.91 Å². The molecule has 0 radical (unpaired) electrons. The lowest BCUT2D eigenvalue weighted by Crippen LogP contribution is -2.50. The topological polar surface area (TPSA) is 91.1 Å². The highest BCUT2D eigenvalue weighted by Crippen LogP contribution is 2.13. The number of guanidine groups is 1. The summed E-state index contributed by atoms with van der Waals surface area (Å²) in [6.45, 7) is 4.60. The average molecular weight is 533 g/mol. The number of carbonyl (C=O) groups is 1. The summed E-state index contributed by atoms with van der Waals surface area (Å²) in [5.41, 5.74) is 0. The summed E-state index contributed by atoms with van der Waals surface area (Å²) in [7, 11) is 1.68. The Morgan fingerprint density at radius 2 is 2.10 bits per heavy atom. The van der Waals surface area contributed by atoms with Crippen molar-refractivity contribution in [2.24, 2.45) is 4.99 Å². The number of piperidine rings is 1. The third kappa shape index (κ3) is 8.81. The summed E-state index contributed by atoms with van der Waals surface area (Å²) in [4.78, 5) is 18.6. The molecule has 3 rings (SSSR count). The lowest BCUT2D eigenvalue weighted by atomic mass is 10.1. The monoisotopic (exact) mass is 533 g/mol. The van der Waals surface area contributed by atoms with E-state index in [0.29, 0.717) is 19.1 Å². The predicted octanol–water partition coefficient (Wildman–Crippen LogP) is 1.75. The van der Waals surface area contributed by atoms with E-state index in [0.717, 1.165) is 70.1 Å². The number of nitrogens with zero attached hydrogens (tertiary/aromatic N) is 2. The fourth-order valence-electron chi connectivity index (χ4n) is 3.77. The molecule has 1 aromatic rings. The third-order valence-corrected chi connectivity index (χ3v) is 5.55. The molecule has 2 fully saturated rings. The van der Waals surface area contributed by atoms with Gasteiger partial charge in [-0.1, -0.05) is 0 Å². The predicted molar refractivity (Wildman–Crippen MR) is 128 cm³/mol. The summed E-state index contributed by atoms with van der Waals surface area (Å²) < 4.78 is 11.2. The number of hydrogen-bond donors (Lipinski definition) is 3. The zero-order valence-corrected chi connectivity index (χ0v) is 20.2. The second-order valence-corrected chi connectivity index (χ2v) is 7.80. The third-order valence-electron chi connectivity index (χ3n) is 5.55. The number of halogens is 1. The molecule has 1 amide bonds. The zero-order valence-electron chi connectivity index (χ0n) is 17.9. The maximum absolute atomic E-state index is 11.6. The molecule has 3 N–H and O–H groups in total. The van der Waals surface area contributed by atoms with Crippen molar-refractivity contribution in [3.63, 3.8) is 0 Å². The second-order valence-electron chi connectivity index (χ2n) is 7.80. The number of hydrogen-bond acceptors (Lipinski definition) is 5. The standard InChI is InChI=1S/C21H35N5O3.HI/c1-22-20(27)16-26-11-8-17(9-12-26)25-21(23-10-7-18-6-4-14-28-18)24-15-19-5-2-3-13-29-19;/h4,6,14,17,19H,2-3,5,7-13,15-16H2,1H3,(H,22,27)(H2,23,24,25);1H. The van der Waals surface area contributed by atoms with E-state index >= 15 is 0 Å². The maximum atomic E-state index is 11.6. The van der Waals surface area contributed by atoms with Crippen LogP contribution in [0.3, 0.4) is 0 Å². The largest absolute Gasteiger partial charge is 0.469 e. The number of carbonyl (C=O) groups excluding carboxylic acids is 1. The van der Waals surface area contributed by atoms with E-state index in [1.54, 1.807) is 13.3 Å². The number of ether oxygens (including phenoxy) is 1. The van der Waals surface area contributed by atoms with E-state index in [4.69, 9.17) is 14.1 Å². The van der Waals surface area contributed by atoms with Gasteiger partial charge in [-0.25, -0.2) is 0 Å². The molecule has 0 bridgehead atoms. The van der Waals surface area contributed by atoms with E-state index in [2.05, 4.69) is 20.9 Å². The number of furan rings is 1. The summed E-state index contributed by atoms with van der Waals surface area (Å²) in [5, 5.41) is 9.73.